The molecule has 2 aromatic rings. The van der Waals surface area contributed by atoms with Gasteiger partial charge in [-0.3, -0.25) is 9.69 Å². The quantitative estimate of drug-likeness (QED) is 0.820. The number of carbonyl (C=O) groups is 1. The Hall–Kier alpha value is -1.75. The van der Waals surface area contributed by atoms with Gasteiger partial charge in [0.2, 0.25) is 0 Å². The van der Waals surface area contributed by atoms with Gasteiger partial charge in [0, 0.05) is 31.6 Å². The largest absolute Gasteiger partial charge is 0.389 e. The van der Waals surface area contributed by atoms with E-state index >= 15 is 0 Å². The molecule has 3 nitrogen and oxygen atoms in total. The number of Topliss-reactive ketones (excluding diaryl/α,β-unsaturated/α-hetero) is 1. The standard InChI is InChI=1S/C20H22FNO2.ClH/c21-18-8-6-16(7-9-18)15-22-12-10-20(24,11-13-22)14-19(23)17-4-2-1-3-5-17;/h1-9,24H,10-15H2;1H. The Morgan fingerprint density at radius 3 is 2.24 bits per heavy atom. The van der Waals surface area contributed by atoms with E-state index in [4.69, 9.17) is 0 Å². The summed E-state index contributed by atoms with van der Waals surface area (Å²) in [5, 5.41) is 10.7. The summed E-state index contributed by atoms with van der Waals surface area (Å²) in [6.07, 6.45) is 1.32. The van der Waals surface area contributed by atoms with E-state index in [1.54, 1.807) is 24.3 Å². The molecule has 0 aliphatic carbocycles. The maximum Gasteiger partial charge on any atom is 0.165 e. The second-order valence-electron chi connectivity index (χ2n) is 6.59. The summed E-state index contributed by atoms with van der Waals surface area (Å²) >= 11 is 0. The Bertz CT molecular complexity index is 683. The lowest BCUT2D eigenvalue weighted by Crippen LogP contribution is -2.45. The number of ketones is 1. The van der Waals surface area contributed by atoms with Gasteiger partial charge in [0.1, 0.15) is 5.82 Å². The molecule has 3 rings (SSSR count). The van der Waals surface area contributed by atoms with Crippen molar-refractivity contribution >= 4 is 18.2 Å². The van der Waals surface area contributed by atoms with Crippen LogP contribution in [0, 0.1) is 5.82 Å². The van der Waals surface area contributed by atoms with E-state index in [0.717, 1.165) is 25.2 Å². The summed E-state index contributed by atoms with van der Waals surface area (Å²) in [5.41, 5.74) is 0.786. The number of aliphatic hydroxyl groups is 1. The van der Waals surface area contributed by atoms with Crippen LogP contribution in [-0.4, -0.2) is 34.5 Å². The van der Waals surface area contributed by atoms with Gasteiger partial charge in [-0.1, -0.05) is 42.5 Å². The van der Waals surface area contributed by atoms with Gasteiger partial charge in [-0.05, 0) is 30.5 Å². The van der Waals surface area contributed by atoms with Gasteiger partial charge >= 0.3 is 0 Å². The van der Waals surface area contributed by atoms with Gasteiger partial charge in [-0.2, -0.15) is 0 Å². The Labute approximate surface area is 153 Å². The van der Waals surface area contributed by atoms with Gasteiger partial charge in [-0.25, -0.2) is 4.39 Å². The van der Waals surface area contributed by atoms with E-state index in [2.05, 4.69) is 4.90 Å². The average molecular weight is 364 g/mol. The van der Waals surface area contributed by atoms with Crippen LogP contribution in [-0.2, 0) is 6.54 Å². The predicted octanol–water partition coefficient (Wildman–Crippen LogP) is 3.85. The molecule has 1 aliphatic heterocycles. The number of hydrogen-bond acceptors (Lipinski definition) is 3. The summed E-state index contributed by atoms with van der Waals surface area (Å²) in [4.78, 5) is 14.5. The minimum atomic E-state index is -0.924. The fraction of sp³-hybridized carbons (Fsp3) is 0.350. The first-order valence-electron chi connectivity index (χ1n) is 8.32. The van der Waals surface area contributed by atoms with Crippen LogP contribution < -0.4 is 0 Å². The Morgan fingerprint density at radius 2 is 1.64 bits per heavy atom. The third kappa shape index (κ3) is 5.36. The molecule has 0 unspecified atom stereocenters. The molecule has 1 fully saturated rings. The molecule has 1 heterocycles. The summed E-state index contributed by atoms with van der Waals surface area (Å²) in [6.45, 7) is 2.20. The smallest absolute Gasteiger partial charge is 0.165 e. The molecule has 2 aromatic carbocycles. The third-order valence-electron chi connectivity index (χ3n) is 4.69. The number of benzene rings is 2. The van der Waals surface area contributed by atoms with Crippen LogP contribution in [0.15, 0.2) is 54.6 Å². The Morgan fingerprint density at radius 1 is 1.04 bits per heavy atom. The van der Waals surface area contributed by atoms with Crippen molar-refractivity contribution in [2.24, 2.45) is 0 Å². The number of rotatable bonds is 5. The number of piperidine rings is 1. The fourth-order valence-corrected chi connectivity index (χ4v) is 3.18. The van der Waals surface area contributed by atoms with Crippen LogP contribution in [0.25, 0.3) is 0 Å². The molecule has 0 radical (unpaired) electrons. The average Bonchev–Trinajstić information content (AvgIpc) is 2.60. The summed E-state index contributed by atoms with van der Waals surface area (Å²) in [5.74, 6) is -0.240. The van der Waals surface area contributed by atoms with Crippen molar-refractivity contribution < 1.29 is 14.3 Å². The van der Waals surface area contributed by atoms with Crippen molar-refractivity contribution in [2.75, 3.05) is 13.1 Å². The lowest BCUT2D eigenvalue weighted by Gasteiger charge is -2.38. The van der Waals surface area contributed by atoms with E-state index in [1.807, 2.05) is 18.2 Å². The highest BCUT2D eigenvalue weighted by Crippen LogP contribution is 2.28. The van der Waals surface area contributed by atoms with Gasteiger partial charge < -0.3 is 5.11 Å². The number of halogens is 2. The van der Waals surface area contributed by atoms with Crippen LogP contribution >= 0.6 is 12.4 Å². The van der Waals surface area contributed by atoms with E-state index in [-0.39, 0.29) is 30.4 Å². The highest BCUT2D eigenvalue weighted by Gasteiger charge is 2.34. The van der Waals surface area contributed by atoms with Crippen LogP contribution in [0.5, 0.6) is 0 Å². The molecule has 1 aliphatic rings. The van der Waals surface area contributed by atoms with Crippen molar-refractivity contribution in [2.45, 2.75) is 31.4 Å². The van der Waals surface area contributed by atoms with Crippen molar-refractivity contribution in [3.63, 3.8) is 0 Å². The fourth-order valence-electron chi connectivity index (χ4n) is 3.18. The van der Waals surface area contributed by atoms with Gasteiger partial charge in [0.25, 0.3) is 0 Å². The topological polar surface area (TPSA) is 40.5 Å². The number of hydrogen-bond donors (Lipinski definition) is 1. The van der Waals surface area contributed by atoms with Crippen LogP contribution in [0.4, 0.5) is 4.39 Å². The maximum absolute atomic E-state index is 12.9. The first kappa shape index (κ1) is 19.6. The van der Waals surface area contributed by atoms with Gasteiger partial charge in [-0.15, -0.1) is 12.4 Å². The molecule has 5 heteroatoms. The first-order valence-corrected chi connectivity index (χ1v) is 8.32. The van der Waals surface area contributed by atoms with Crippen molar-refractivity contribution in [1.82, 2.24) is 4.90 Å². The second-order valence-corrected chi connectivity index (χ2v) is 6.59. The van der Waals surface area contributed by atoms with E-state index in [1.165, 1.54) is 12.1 Å². The molecule has 134 valence electrons. The summed E-state index contributed by atoms with van der Waals surface area (Å²) in [6, 6.07) is 15.6. The van der Waals surface area contributed by atoms with E-state index < -0.39 is 5.60 Å². The molecular formula is C20H23ClFNO2. The minimum Gasteiger partial charge on any atom is -0.389 e. The molecule has 25 heavy (non-hydrogen) atoms. The lowest BCUT2D eigenvalue weighted by molar-refractivity contribution is -0.0241. The van der Waals surface area contributed by atoms with Crippen LogP contribution in [0.2, 0.25) is 0 Å². The monoisotopic (exact) mass is 363 g/mol. The minimum absolute atomic E-state index is 0. The molecule has 0 bridgehead atoms. The zero-order valence-corrected chi connectivity index (χ0v) is 14.8. The Kier molecular flexibility index (Phi) is 6.71. The van der Waals surface area contributed by atoms with Gasteiger partial charge in [0.05, 0.1) is 5.60 Å². The SMILES string of the molecule is Cl.O=C(CC1(O)CCN(Cc2ccc(F)cc2)CC1)c1ccccc1. The zero-order valence-electron chi connectivity index (χ0n) is 14.0. The zero-order chi connectivity index (χ0) is 17.0. The molecular weight excluding hydrogens is 341 g/mol. The second kappa shape index (κ2) is 8.56. The molecule has 0 spiro atoms. The number of carbonyl (C=O) groups excluding carboxylic acids is 1. The predicted molar refractivity (Wildman–Crippen MR) is 98.5 cm³/mol. The van der Waals surface area contributed by atoms with Crippen molar-refractivity contribution in [1.29, 1.82) is 0 Å². The van der Waals surface area contributed by atoms with Crippen molar-refractivity contribution in [3.8, 4) is 0 Å². The normalized spacial score (nSPS) is 16.9. The maximum atomic E-state index is 12.9. The lowest BCUT2D eigenvalue weighted by atomic mass is 9.85. The molecule has 0 saturated carbocycles. The molecule has 0 atom stereocenters. The van der Waals surface area contributed by atoms with E-state index in [9.17, 15) is 14.3 Å². The van der Waals surface area contributed by atoms with E-state index in [0.29, 0.717) is 18.4 Å². The molecule has 0 amide bonds. The van der Waals surface area contributed by atoms with Crippen molar-refractivity contribution in [3.05, 3.63) is 71.5 Å². The highest BCUT2D eigenvalue weighted by molar-refractivity contribution is 5.96. The molecule has 0 aromatic heterocycles. The summed E-state index contributed by atoms with van der Waals surface area (Å²) in [7, 11) is 0. The first-order chi connectivity index (χ1) is 11.5. The third-order valence-corrected chi connectivity index (χ3v) is 4.69. The van der Waals surface area contributed by atoms with Gasteiger partial charge in [0.15, 0.2) is 5.78 Å². The molecule has 1 saturated heterocycles. The number of likely N-dealkylation sites (tertiary alicyclic amines) is 1. The van der Waals surface area contributed by atoms with Crippen LogP contribution in [0.3, 0.4) is 0 Å². The molecule has 1 N–H and O–H groups in total. The Balaban J connectivity index is 0.00000225. The van der Waals surface area contributed by atoms with Crippen LogP contribution in [0.1, 0.15) is 35.2 Å². The number of nitrogens with zero attached hydrogens (tertiary/aromatic N) is 1. The highest BCUT2D eigenvalue weighted by atomic mass is 35.5. The summed E-state index contributed by atoms with van der Waals surface area (Å²) < 4.78 is 12.9.